The highest BCUT2D eigenvalue weighted by atomic mass is 32.1. The van der Waals surface area contributed by atoms with Crippen LogP contribution < -0.4 is 10.1 Å². The number of Topliss-reactive ketones (excluding diaryl/α,β-unsaturated/α-hetero) is 1. The molecule has 0 aliphatic heterocycles. The number of aldehydes is 1. The van der Waals surface area contributed by atoms with E-state index in [4.69, 9.17) is 9.84 Å². The maximum Gasteiger partial charge on any atom is 0.245 e. The number of aryl methyl sites for hydroxylation is 4. The van der Waals surface area contributed by atoms with Crippen molar-refractivity contribution < 1.29 is 24.2 Å². The van der Waals surface area contributed by atoms with E-state index in [9.17, 15) is 14.4 Å². The number of fused-ring (bicyclic) bond motifs is 1. The molecular weight excluding hydrogens is 426 g/mol. The Morgan fingerprint density at radius 3 is 2.62 bits per heavy atom. The van der Waals surface area contributed by atoms with Gasteiger partial charge in [-0.1, -0.05) is 12.1 Å². The zero-order valence-electron chi connectivity index (χ0n) is 19.0. The summed E-state index contributed by atoms with van der Waals surface area (Å²) in [6, 6.07) is 4.13. The Kier molecular flexibility index (Phi) is 8.21. The fourth-order valence-electron chi connectivity index (χ4n) is 4.46. The molecule has 1 amide bonds. The first-order valence-corrected chi connectivity index (χ1v) is 11.9. The van der Waals surface area contributed by atoms with E-state index in [0.717, 1.165) is 62.4 Å². The lowest BCUT2D eigenvalue weighted by Gasteiger charge is -2.14. The maximum atomic E-state index is 12.9. The predicted octanol–water partition coefficient (Wildman–Crippen LogP) is 3.59. The average molecular weight is 458 g/mol. The van der Waals surface area contributed by atoms with Crippen LogP contribution in [0.1, 0.15) is 67.5 Å². The molecule has 1 atom stereocenters. The SMILES string of the molecule is Cc1cc(CCC(=O)c2sc(C)c3c2CCC3C=O)cc(C)c1OCCCNC(=O)CO. The highest BCUT2D eigenvalue weighted by Gasteiger charge is 2.30. The molecule has 7 heteroatoms. The first kappa shape index (κ1) is 24.1. The van der Waals surface area contributed by atoms with Crippen LogP contribution >= 0.6 is 11.3 Å². The largest absolute Gasteiger partial charge is 0.493 e. The van der Waals surface area contributed by atoms with E-state index in [2.05, 4.69) is 17.4 Å². The number of nitrogens with one attached hydrogen (secondary N) is 1. The lowest BCUT2D eigenvalue weighted by molar-refractivity contribution is -0.123. The van der Waals surface area contributed by atoms with Gasteiger partial charge < -0.3 is 20.0 Å². The molecule has 1 heterocycles. The van der Waals surface area contributed by atoms with Crippen LogP contribution in [0.3, 0.4) is 0 Å². The second kappa shape index (κ2) is 10.9. The molecule has 2 aromatic rings. The number of benzene rings is 1. The molecule has 0 spiro atoms. The van der Waals surface area contributed by atoms with Crippen molar-refractivity contribution in [1.82, 2.24) is 5.32 Å². The highest BCUT2D eigenvalue weighted by molar-refractivity contribution is 7.14. The minimum atomic E-state index is -0.503. The van der Waals surface area contributed by atoms with Crippen LogP contribution in [0.5, 0.6) is 5.75 Å². The van der Waals surface area contributed by atoms with Crippen LogP contribution in [-0.2, 0) is 22.4 Å². The molecule has 1 aliphatic carbocycles. The second-order valence-electron chi connectivity index (χ2n) is 8.35. The Morgan fingerprint density at radius 1 is 1.25 bits per heavy atom. The van der Waals surface area contributed by atoms with Gasteiger partial charge in [-0.25, -0.2) is 0 Å². The summed E-state index contributed by atoms with van der Waals surface area (Å²) >= 11 is 1.54. The van der Waals surface area contributed by atoms with E-state index in [0.29, 0.717) is 32.4 Å². The van der Waals surface area contributed by atoms with E-state index in [1.165, 1.54) is 11.3 Å². The first-order chi connectivity index (χ1) is 15.3. The molecule has 0 radical (unpaired) electrons. The summed E-state index contributed by atoms with van der Waals surface area (Å²) < 4.78 is 5.90. The Bertz CT molecular complexity index is 987. The van der Waals surface area contributed by atoms with Gasteiger partial charge in [-0.2, -0.15) is 0 Å². The van der Waals surface area contributed by atoms with Crippen LogP contribution in [0, 0.1) is 20.8 Å². The van der Waals surface area contributed by atoms with Gasteiger partial charge in [0.1, 0.15) is 18.6 Å². The number of aliphatic hydroxyl groups is 1. The van der Waals surface area contributed by atoms with Gasteiger partial charge in [0.15, 0.2) is 5.78 Å². The zero-order chi connectivity index (χ0) is 23.3. The number of rotatable bonds is 11. The van der Waals surface area contributed by atoms with Gasteiger partial charge in [-0.3, -0.25) is 9.59 Å². The number of hydrogen-bond donors (Lipinski definition) is 2. The number of ketones is 1. The summed E-state index contributed by atoms with van der Waals surface area (Å²) in [5.41, 5.74) is 5.34. The summed E-state index contributed by atoms with van der Waals surface area (Å²) in [6.45, 7) is 6.42. The van der Waals surface area contributed by atoms with Gasteiger partial charge in [0.2, 0.25) is 5.91 Å². The van der Waals surface area contributed by atoms with Crippen LogP contribution in [0.15, 0.2) is 12.1 Å². The van der Waals surface area contributed by atoms with E-state index in [1.807, 2.05) is 20.8 Å². The normalized spacial score (nSPS) is 14.8. The lowest BCUT2D eigenvalue weighted by atomic mass is 9.99. The molecule has 1 aromatic heterocycles. The molecule has 0 bridgehead atoms. The van der Waals surface area contributed by atoms with Crippen molar-refractivity contribution in [3.05, 3.63) is 49.7 Å². The van der Waals surface area contributed by atoms with Crippen molar-refractivity contribution in [3.63, 3.8) is 0 Å². The molecule has 172 valence electrons. The number of ether oxygens (including phenoxy) is 1. The van der Waals surface area contributed by atoms with Crippen LogP contribution in [-0.4, -0.2) is 42.8 Å². The zero-order valence-corrected chi connectivity index (χ0v) is 19.8. The summed E-state index contributed by atoms with van der Waals surface area (Å²) in [5, 5.41) is 11.3. The van der Waals surface area contributed by atoms with Crippen molar-refractivity contribution in [2.24, 2.45) is 0 Å². The van der Waals surface area contributed by atoms with E-state index in [-0.39, 0.29) is 17.6 Å². The third-order valence-electron chi connectivity index (χ3n) is 5.92. The predicted molar refractivity (Wildman–Crippen MR) is 125 cm³/mol. The molecule has 1 aliphatic rings. The number of carbonyl (C=O) groups excluding carboxylic acids is 3. The third kappa shape index (κ3) is 5.45. The molecular formula is C25H31NO5S. The van der Waals surface area contributed by atoms with E-state index in [1.54, 1.807) is 0 Å². The Morgan fingerprint density at radius 2 is 1.97 bits per heavy atom. The average Bonchev–Trinajstić information content (AvgIpc) is 3.34. The fourth-order valence-corrected chi connectivity index (χ4v) is 5.70. The smallest absolute Gasteiger partial charge is 0.245 e. The summed E-state index contributed by atoms with van der Waals surface area (Å²) in [7, 11) is 0. The third-order valence-corrected chi connectivity index (χ3v) is 7.13. The maximum absolute atomic E-state index is 12.9. The van der Waals surface area contributed by atoms with Gasteiger partial charge in [0, 0.05) is 23.8 Å². The van der Waals surface area contributed by atoms with Gasteiger partial charge >= 0.3 is 0 Å². The Balaban J connectivity index is 1.57. The minimum Gasteiger partial charge on any atom is -0.493 e. The number of amides is 1. The topological polar surface area (TPSA) is 92.7 Å². The van der Waals surface area contributed by atoms with E-state index < -0.39 is 6.61 Å². The first-order valence-electron chi connectivity index (χ1n) is 11.1. The highest BCUT2D eigenvalue weighted by Crippen LogP contribution is 2.41. The van der Waals surface area contributed by atoms with Crippen molar-refractivity contribution in [2.45, 2.75) is 58.8 Å². The van der Waals surface area contributed by atoms with Crippen molar-refractivity contribution in [2.75, 3.05) is 19.8 Å². The van der Waals surface area contributed by atoms with E-state index >= 15 is 0 Å². The number of thiophene rings is 1. The lowest BCUT2D eigenvalue weighted by Crippen LogP contribution is -2.28. The molecule has 6 nitrogen and oxygen atoms in total. The van der Waals surface area contributed by atoms with Gasteiger partial charge in [-0.15, -0.1) is 11.3 Å². The molecule has 0 fully saturated rings. The quantitative estimate of drug-likeness (QED) is 0.306. The molecule has 0 saturated carbocycles. The fraction of sp³-hybridized carbons (Fsp3) is 0.480. The van der Waals surface area contributed by atoms with Crippen LogP contribution in [0.4, 0.5) is 0 Å². The van der Waals surface area contributed by atoms with Crippen molar-refractivity contribution >= 4 is 29.3 Å². The standard InChI is InChI=1S/C25H31NO5S/c1-15-11-18(12-16(2)24(15)31-10-4-9-26-22(30)14-28)5-8-21(29)25-20-7-6-19(13-27)23(20)17(3)32-25/h11-13,19,28H,4-10,14H2,1-3H3,(H,26,30). The van der Waals surface area contributed by atoms with Gasteiger partial charge in [0.05, 0.1) is 11.5 Å². The Hall–Kier alpha value is -2.51. The van der Waals surface area contributed by atoms with Crippen LogP contribution in [0.25, 0.3) is 0 Å². The monoisotopic (exact) mass is 457 g/mol. The van der Waals surface area contributed by atoms with Gasteiger partial charge in [0.25, 0.3) is 0 Å². The Labute approximate surface area is 193 Å². The molecule has 32 heavy (non-hydrogen) atoms. The molecule has 2 N–H and O–H groups in total. The number of hydrogen-bond acceptors (Lipinski definition) is 6. The number of carbonyl (C=O) groups is 3. The van der Waals surface area contributed by atoms with Crippen LogP contribution in [0.2, 0.25) is 0 Å². The summed E-state index contributed by atoms with van der Waals surface area (Å²) in [6.07, 6.45) is 4.41. The van der Waals surface area contributed by atoms with Gasteiger partial charge in [-0.05, 0) is 74.3 Å². The summed E-state index contributed by atoms with van der Waals surface area (Å²) in [4.78, 5) is 37.2. The van der Waals surface area contributed by atoms with Crippen molar-refractivity contribution in [3.8, 4) is 5.75 Å². The molecule has 1 aromatic carbocycles. The molecule has 3 rings (SSSR count). The minimum absolute atomic E-state index is 0.0495. The van der Waals surface area contributed by atoms with Crippen molar-refractivity contribution in [1.29, 1.82) is 0 Å². The number of aliphatic hydroxyl groups excluding tert-OH is 1. The second-order valence-corrected chi connectivity index (χ2v) is 9.58. The molecule has 0 saturated heterocycles. The molecule has 1 unspecified atom stereocenters. The summed E-state index contributed by atoms with van der Waals surface area (Å²) in [5.74, 6) is 0.556.